The number of amides is 3. The van der Waals surface area contributed by atoms with Crippen molar-refractivity contribution in [3.8, 4) is 0 Å². The molecular weight excluding hydrogens is 871 g/mol. The van der Waals surface area contributed by atoms with Crippen LogP contribution in [0.1, 0.15) is 245 Å². The molecule has 0 radical (unpaired) electrons. The Bertz CT molecular complexity index is 1390. The third kappa shape index (κ3) is 29.9. The van der Waals surface area contributed by atoms with Gasteiger partial charge < -0.3 is 40.2 Å². The van der Waals surface area contributed by atoms with Crippen LogP contribution in [0.3, 0.4) is 0 Å². The van der Waals surface area contributed by atoms with Crippen molar-refractivity contribution in [1.29, 1.82) is 0 Å². The summed E-state index contributed by atoms with van der Waals surface area (Å²) in [7, 11) is 0. The normalized spacial score (nSPS) is 18.5. The summed E-state index contributed by atoms with van der Waals surface area (Å²) in [5.41, 5.74) is 0.793. The van der Waals surface area contributed by atoms with E-state index in [9.17, 15) is 29.7 Å². The van der Waals surface area contributed by atoms with Crippen molar-refractivity contribution in [2.45, 2.75) is 283 Å². The Labute approximate surface area is 420 Å². The van der Waals surface area contributed by atoms with Gasteiger partial charge in [0.05, 0.1) is 13.2 Å². The Morgan fingerprint density at radius 1 is 0.609 bits per heavy atom. The minimum atomic E-state index is -1.60. The summed E-state index contributed by atoms with van der Waals surface area (Å²) in [6.45, 7) is 8.22. The molecule has 3 amide bonds. The average molecular weight is 974 g/mol. The number of hydrogen-bond acceptors (Lipinski definition) is 9. The van der Waals surface area contributed by atoms with Crippen molar-refractivity contribution in [3.05, 3.63) is 35.9 Å². The van der Waals surface area contributed by atoms with E-state index in [1.165, 1.54) is 159 Å². The number of nitrogens with one attached hydrogen (secondary N) is 2. The molecule has 0 aliphatic carbocycles. The summed E-state index contributed by atoms with van der Waals surface area (Å²) >= 11 is 0. The fourth-order valence-electron chi connectivity index (χ4n) is 9.44. The van der Waals surface area contributed by atoms with E-state index in [0.29, 0.717) is 12.8 Å². The van der Waals surface area contributed by atoms with Crippen LogP contribution in [0.2, 0.25) is 0 Å². The van der Waals surface area contributed by atoms with Gasteiger partial charge in [0.2, 0.25) is 5.91 Å². The molecule has 1 saturated heterocycles. The van der Waals surface area contributed by atoms with E-state index in [4.69, 9.17) is 14.2 Å². The smallest absolute Gasteiger partial charge is 0.411 e. The van der Waals surface area contributed by atoms with Gasteiger partial charge >= 0.3 is 12.2 Å². The maximum absolute atomic E-state index is 14.1. The molecule has 0 saturated carbocycles. The minimum absolute atomic E-state index is 0.00576. The molecule has 12 nitrogen and oxygen atoms in total. The Morgan fingerprint density at radius 3 is 1.48 bits per heavy atom. The number of aliphatic hydroxyl groups excluding tert-OH is 3. The van der Waals surface area contributed by atoms with Gasteiger partial charge in [0.15, 0.2) is 6.23 Å². The highest BCUT2D eigenvalue weighted by Crippen LogP contribution is 2.26. The molecule has 0 unspecified atom stereocenters. The summed E-state index contributed by atoms with van der Waals surface area (Å²) in [5.74, 6) is -0.634. The lowest BCUT2D eigenvalue weighted by molar-refractivity contribution is -0.226. The molecule has 1 aliphatic rings. The second kappa shape index (κ2) is 41.7. The number of ether oxygens (including phenoxy) is 3. The van der Waals surface area contributed by atoms with Crippen LogP contribution >= 0.6 is 0 Å². The number of rotatable bonds is 43. The van der Waals surface area contributed by atoms with Crippen molar-refractivity contribution < 1.29 is 43.9 Å². The van der Waals surface area contributed by atoms with Gasteiger partial charge in [0, 0.05) is 6.54 Å². The summed E-state index contributed by atoms with van der Waals surface area (Å²) in [4.78, 5) is 42.5. The van der Waals surface area contributed by atoms with Crippen LogP contribution in [-0.2, 0) is 25.6 Å². The zero-order valence-corrected chi connectivity index (χ0v) is 44.3. The lowest BCUT2D eigenvalue weighted by atomic mass is 9.94. The Hall–Kier alpha value is -2.93. The van der Waals surface area contributed by atoms with E-state index in [-0.39, 0.29) is 32.1 Å². The number of nitrogens with zero attached hydrogens (tertiary/aromatic N) is 1. The van der Waals surface area contributed by atoms with Crippen LogP contribution in [0.4, 0.5) is 9.59 Å². The van der Waals surface area contributed by atoms with Crippen LogP contribution in [0.15, 0.2) is 30.3 Å². The van der Waals surface area contributed by atoms with Gasteiger partial charge in [-0.3, -0.25) is 9.69 Å². The number of carbonyl (C=O) groups is 3. The number of carbonyl (C=O) groups excluding carboxylic acids is 3. The largest absolute Gasteiger partial charge is 0.449 e. The fraction of sp³-hybridized carbons (Fsp3) is 0.842. The first-order valence-electron chi connectivity index (χ1n) is 28.5. The SMILES string of the molecule is CCCCCCCCCCCCCCCCCCOC(=O)N(CCCCCCCCCCCCCCCCCC)[C@@H]1O[C@H](CO)[C@@H](O)[C@H](O)[C@H]1NC(=O)[C@H](CC(C)C)NC(=O)OCc1ccccc1. The molecule has 1 aromatic carbocycles. The van der Waals surface area contributed by atoms with E-state index in [0.717, 1.165) is 44.1 Å². The molecule has 1 heterocycles. The third-order valence-corrected chi connectivity index (χ3v) is 13.8. The van der Waals surface area contributed by atoms with Gasteiger partial charge in [-0.25, -0.2) is 9.59 Å². The molecule has 400 valence electrons. The molecular formula is C57H103N3O9. The van der Waals surface area contributed by atoms with Crippen molar-refractivity contribution in [2.75, 3.05) is 19.8 Å². The van der Waals surface area contributed by atoms with E-state index in [1.807, 2.05) is 44.2 Å². The van der Waals surface area contributed by atoms with Crippen LogP contribution in [0, 0.1) is 5.92 Å². The number of aliphatic hydroxyl groups is 3. The molecule has 1 aromatic rings. The molecule has 2 rings (SSSR count). The standard InChI is InChI=1S/C57H103N3O9/c1-5-7-9-11-13-15-17-19-21-23-25-27-29-31-33-38-42-60(57(66)67-43-39-34-32-30-28-26-24-22-20-18-16-14-12-10-8-6-2)55-51(53(63)52(62)50(45-61)69-55)59-54(64)49(44-47(3)4)58-56(65)68-46-48-40-36-35-37-41-48/h35-37,40-41,47,49-53,55,61-63H,5-34,38-39,42-46H2,1-4H3,(H,58,65)(H,59,64)/t49-,50+,51+,52+,53+,55+/m0/s1. The number of benzene rings is 1. The second-order valence-electron chi connectivity index (χ2n) is 20.6. The van der Waals surface area contributed by atoms with Gasteiger partial charge in [-0.15, -0.1) is 0 Å². The molecule has 1 fully saturated rings. The van der Waals surface area contributed by atoms with Crippen LogP contribution in [0.25, 0.3) is 0 Å². The fourth-order valence-corrected chi connectivity index (χ4v) is 9.44. The van der Waals surface area contributed by atoms with Crippen molar-refractivity contribution in [2.24, 2.45) is 5.92 Å². The molecule has 5 N–H and O–H groups in total. The molecule has 69 heavy (non-hydrogen) atoms. The molecule has 0 spiro atoms. The van der Waals surface area contributed by atoms with E-state index in [1.54, 1.807) is 0 Å². The Kier molecular flexibility index (Phi) is 37.6. The quantitative estimate of drug-likeness (QED) is 0.0400. The topological polar surface area (TPSA) is 167 Å². The summed E-state index contributed by atoms with van der Waals surface area (Å²) in [5, 5.41) is 38.3. The molecule has 12 heteroatoms. The van der Waals surface area contributed by atoms with Gasteiger partial charge in [-0.2, -0.15) is 0 Å². The van der Waals surface area contributed by atoms with E-state index in [2.05, 4.69) is 24.5 Å². The number of alkyl carbamates (subject to hydrolysis) is 1. The van der Waals surface area contributed by atoms with Crippen molar-refractivity contribution in [3.63, 3.8) is 0 Å². The first-order valence-corrected chi connectivity index (χ1v) is 28.5. The van der Waals surface area contributed by atoms with Crippen LogP contribution in [-0.4, -0.2) is 94.7 Å². The lowest BCUT2D eigenvalue weighted by Gasteiger charge is -2.46. The second-order valence-corrected chi connectivity index (χ2v) is 20.6. The predicted molar refractivity (Wildman–Crippen MR) is 280 cm³/mol. The Morgan fingerprint density at radius 2 is 1.04 bits per heavy atom. The Balaban J connectivity index is 1.99. The predicted octanol–water partition coefficient (Wildman–Crippen LogP) is 13.2. The first kappa shape index (κ1) is 62.2. The van der Waals surface area contributed by atoms with Gasteiger partial charge in [0.25, 0.3) is 0 Å². The van der Waals surface area contributed by atoms with Gasteiger partial charge in [0.1, 0.15) is 37.0 Å². The van der Waals surface area contributed by atoms with Crippen molar-refractivity contribution in [1.82, 2.24) is 15.5 Å². The molecule has 6 atom stereocenters. The summed E-state index contributed by atoms with van der Waals surface area (Å²) < 4.78 is 17.5. The van der Waals surface area contributed by atoms with Crippen LogP contribution < -0.4 is 10.6 Å². The highest BCUT2D eigenvalue weighted by atomic mass is 16.6. The average Bonchev–Trinajstić information content (AvgIpc) is 3.34. The molecule has 0 aromatic heterocycles. The minimum Gasteiger partial charge on any atom is -0.449 e. The summed E-state index contributed by atoms with van der Waals surface area (Å²) in [6.07, 6.45) is 32.5. The lowest BCUT2D eigenvalue weighted by Crippen LogP contribution is -2.70. The monoisotopic (exact) mass is 974 g/mol. The van der Waals surface area contributed by atoms with Gasteiger partial charge in [-0.05, 0) is 30.7 Å². The highest BCUT2D eigenvalue weighted by Gasteiger charge is 2.49. The van der Waals surface area contributed by atoms with Gasteiger partial charge in [-0.1, -0.05) is 251 Å². The van der Waals surface area contributed by atoms with Crippen molar-refractivity contribution >= 4 is 18.1 Å². The maximum Gasteiger partial charge on any atom is 0.411 e. The first-order chi connectivity index (χ1) is 33.6. The number of hydrogen-bond donors (Lipinski definition) is 5. The van der Waals surface area contributed by atoms with E-state index < -0.39 is 61.3 Å². The maximum atomic E-state index is 14.1. The molecule has 0 bridgehead atoms. The highest BCUT2D eigenvalue weighted by molar-refractivity contribution is 5.86. The zero-order chi connectivity index (χ0) is 50.2. The van der Waals surface area contributed by atoms with Crippen LogP contribution in [0.5, 0.6) is 0 Å². The number of unbranched alkanes of at least 4 members (excludes halogenated alkanes) is 30. The third-order valence-electron chi connectivity index (χ3n) is 13.8. The molecule has 1 aliphatic heterocycles. The zero-order valence-electron chi connectivity index (χ0n) is 44.3. The summed E-state index contributed by atoms with van der Waals surface area (Å²) in [6, 6.07) is 6.87. The van der Waals surface area contributed by atoms with E-state index >= 15 is 0 Å².